The predicted molar refractivity (Wildman–Crippen MR) is 131 cm³/mol. The van der Waals surface area contributed by atoms with Gasteiger partial charge in [-0.1, -0.05) is 60.7 Å². The number of aromatic nitrogens is 3. The maximum absolute atomic E-state index is 13.2. The summed E-state index contributed by atoms with van der Waals surface area (Å²) < 4.78 is 1.70. The molecule has 2 saturated heterocycles. The normalized spacial score (nSPS) is 21.1. The van der Waals surface area contributed by atoms with E-state index >= 15 is 0 Å². The Labute approximate surface area is 205 Å². The zero-order chi connectivity index (χ0) is 23.8. The molecule has 1 spiro atoms. The van der Waals surface area contributed by atoms with Crippen molar-refractivity contribution in [2.45, 2.75) is 32.2 Å². The van der Waals surface area contributed by atoms with Crippen LogP contribution in [0.3, 0.4) is 0 Å². The summed E-state index contributed by atoms with van der Waals surface area (Å²) in [6.07, 6.45) is 5.75. The molecule has 1 aliphatic carbocycles. The van der Waals surface area contributed by atoms with Crippen LogP contribution in [-0.2, 0) is 17.8 Å². The Morgan fingerprint density at radius 3 is 2.23 bits per heavy atom. The van der Waals surface area contributed by atoms with Gasteiger partial charge >= 0.3 is 0 Å². The highest BCUT2D eigenvalue weighted by atomic mass is 16.2. The first kappa shape index (κ1) is 22.0. The molecule has 3 aliphatic rings. The molecular weight excluding hydrogens is 438 g/mol. The highest BCUT2D eigenvalue weighted by Gasteiger charge is 2.66. The van der Waals surface area contributed by atoms with Crippen molar-refractivity contribution < 1.29 is 9.59 Å². The molecule has 0 bridgehead atoms. The van der Waals surface area contributed by atoms with Gasteiger partial charge in [0, 0.05) is 37.5 Å². The Bertz CT molecular complexity index is 1190. The van der Waals surface area contributed by atoms with Gasteiger partial charge in [-0.2, -0.15) is 0 Å². The highest BCUT2D eigenvalue weighted by Crippen LogP contribution is 2.59. The largest absolute Gasteiger partial charge is 0.342 e. The monoisotopic (exact) mass is 469 g/mol. The van der Waals surface area contributed by atoms with E-state index in [1.54, 1.807) is 15.9 Å². The fraction of sp³-hybridized carbons (Fsp3) is 0.429. The van der Waals surface area contributed by atoms with Gasteiger partial charge in [0.2, 0.25) is 11.7 Å². The molecule has 1 aromatic heterocycles. The fourth-order valence-corrected chi connectivity index (χ4v) is 5.81. The lowest BCUT2D eigenvalue weighted by molar-refractivity contribution is -0.135. The SMILES string of the molecule is O=C(c1ncn(Cc2ccccc2)n1)N1CC2(CC2C(=O)N2CCC(Cc3ccccc3)CC2)C1. The Kier molecular flexibility index (Phi) is 5.63. The first-order valence-corrected chi connectivity index (χ1v) is 12.6. The molecule has 35 heavy (non-hydrogen) atoms. The maximum atomic E-state index is 13.2. The number of piperidine rings is 1. The lowest BCUT2D eigenvalue weighted by Crippen LogP contribution is -2.54. The van der Waals surface area contributed by atoms with Crippen LogP contribution in [0.5, 0.6) is 0 Å². The highest BCUT2D eigenvalue weighted by molar-refractivity contribution is 5.92. The minimum atomic E-state index is -0.137. The van der Waals surface area contributed by atoms with Gasteiger partial charge in [0.25, 0.3) is 5.91 Å². The first-order valence-electron chi connectivity index (χ1n) is 12.6. The summed E-state index contributed by atoms with van der Waals surface area (Å²) in [4.78, 5) is 34.1. The fourth-order valence-electron chi connectivity index (χ4n) is 5.81. The molecule has 1 unspecified atom stereocenters. The lowest BCUT2D eigenvalue weighted by atomic mass is 9.89. The van der Waals surface area contributed by atoms with Crippen molar-refractivity contribution in [2.75, 3.05) is 26.2 Å². The molecule has 3 heterocycles. The second kappa shape index (κ2) is 8.95. The van der Waals surface area contributed by atoms with Crippen LogP contribution in [0, 0.1) is 17.3 Å². The number of likely N-dealkylation sites (tertiary alicyclic amines) is 2. The third-order valence-corrected chi connectivity index (χ3v) is 8.00. The molecular formula is C28H31N5O2. The number of amides is 2. The molecule has 2 aliphatic heterocycles. The summed E-state index contributed by atoms with van der Waals surface area (Å²) >= 11 is 0. The van der Waals surface area contributed by atoms with Gasteiger partial charge < -0.3 is 9.80 Å². The zero-order valence-corrected chi connectivity index (χ0v) is 19.9. The van der Waals surface area contributed by atoms with E-state index in [4.69, 9.17) is 0 Å². The smallest absolute Gasteiger partial charge is 0.293 e. The quantitative estimate of drug-likeness (QED) is 0.556. The van der Waals surface area contributed by atoms with Crippen molar-refractivity contribution in [1.82, 2.24) is 24.6 Å². The van der Waals surface area contributed by atoms with Crippen molar-refractivity contribution in [3.05, 3.63) is 83.9 Å². The van der Waals surface area contributed by atoms with Crippen LogP contribution in [0.2, 0.25) is 0 Å². The molecule has 0 radical (unpaired) electrons. The number of carbonyl (C=O) groups excluding carboxylic acids is 2. The van der Waals surface area contributed by atoms with Crippen molar-refractivity contribution in [3.8, 4) is 0 Å². The second-order valence-electron chi connectivity index (χ2n) is 10.5. The summed E-state index contributed by atoms with van der Waals surface area (Å²) in [5.41, 5.74) is 2.49. The molecule has 1 saturated carbocycles. The van der Waals surface area contributed by atoms with Crippen LogP contribution < -0.4 is 0 Å². The van der Waals surface area contributed by atoms with Gasteiger partial charge in [0.15, 0.2) is 0 Å². The molecule has 7 nitrogen and oxygen atoms in total. The second-order valence-corrected chi connectivity index (χ2v) is 10.5. The summed E-state index contributed by atoms with van der Waals surface area (Å²) in [7, 11) is 0. The molecule has 2 amide bonds. The molecule has 180 valence electrons. The summed E-state index contributed by atoms with van der Waals surface area (Å²) in [6.45, 7) is 3.58. The van der Waals surface area contributed by atoms with Crippen LogP contribution in [-0.4, -0.2) is 62.6 Å². The van der Waals surface area contributed by atoms with Gasteiger partial charge in [-0.25, -0.2) is 9.67 Å². The predicted octanol–water partition coefficient (Wildman–Crippen LogP) is 3.27. The zero-order valence-electron chi connectivity index (χ0n) is 19.9. The third kappa shape index (κ3) is 4.47. The van der Waals surface area contributed by atoms with E-state index in [0.717, 1.165) is 44.3 Å². The van der Waals surface area contributed by atoms with E-state index < -0.39 is 0 Å². The van der Waals surface area contributed by atoms with Crippen LogP contribution in [0.1, 0.15) is 41.0 Å². The Morgan fingerprint density at radius 1 is 0.886 bits per heavy atom. The average molecular weight is 470 g/mol. The first-order chi connectivity index (χ1) is 17.1. The minimum absolute atomic E-state index is 0.0137. The molecule has 3 aromatic rings. The van der Waals surface area contributed by atoms with Crippen molar-refractivity contribution in [2.24, 2.45) is 17.3 Å². The van der Waals surface area contributed by atoms with E-state index in [9.17, 15) is 9.59 Å². The summed E-state index contributed by atoms with van der Waals surface area (Å²) in [5, 5.41) is 4.38. The number of nitrogens with zero attached hydrogens (tertiary/aromatic N) is 5. The number of benzene rings is 2. The Hall–Kier alpha value is -3.48. The Balaban J connectivity index is 0.974. The number of hydrogen-bond donors (Lipinski definition) is 0. The average Bonchev–Trinajstić information content (AvgIpc) is 3.46. The molecule has 3 fully saturated rings. The summed E-state index contributed by atoms with van der Waals surface area (Å²) in [6, 6.07) is 20.6. The number of hydrogen-bond acceptors (Lipinski definition) is 4. The minimum Gasteiger partial charge on any atom is -0.342 e. The van der Waals surface area contributed by atoms with Crippen LogP contribution >= 0.6 is 0 Å². The third-order valence-electron chi connectivity index (χ3n) is 8.00. The molecule has 1 atom stereocenters. The van der Waals surface area contributed by atoms with Gasteiger partial charge in [-0.3, -0.25) is 9.59 Å². The van der Waals surface area contributed by atoms with Gasteiger partial charge in [-0.05, 0) is 42.7 Å². The standard InChI is InChI=1S/C28H31N5O2/c34-26(31-13-11-22(12-14-31)15-21-7-3-1-4-8-21)24-16-28(24)18-32(19-28)27(35)25-29-20-33(30-25)17-23-9-5-2-6-10-23/h1-10,20,22,24H,11-19H2. The molecule has 2 aromatic carbocycles. The molecule has 0 N–H and O–H groups in total. The van der Waals surface area contributed by atoms with E-state index in [0.29, 0.717) is 31.5 Å². The van der Waals surface area contributed by atoms with E-state index in [1.807, 2.05) is 30.3 Å². The van der Waals surface area contributed by atoms with Gasteiger partial charge in [-0.15, -0.1) is 5.10 Å². The van der Waals surface area contributed by atoms with Crippen molar-refractivity contribution in [3.63, 3.8) is 0 Å². The lowest BCUT2D eigenvalue weighted by Gasteiger charge is -2.41. The number of rotatable bonds is 6. The molecule has 7 heteroatoms. The van der Waals surface area contributed by atoms with E-state index in [1.165, 1.54) is 5.56 Å². The van der Waals surface area contributed by atoms with Crippen molar-refractivity contribution >= 4 is 11.8 Å². The Morgan fingerprint density at radius 2 is 1.54 bits per heavy atom. The van der Waals surface area contributed by atoms with Gasteiger partial charge in [0.05, 0.1) is 6.54 Å². The van der Waals surface area contributed by atoms with Gasteiger partial charge in [0.1, 0.15) is 6.33 Å². The van der Waals surface area contributed by atoms with Crippen molar-refractivity contribution in [1.29, 1.82) is 0 Å². The molecule has 6 rings (SSSR count). The summed E-state index contributed by atoms with van der Waals surface area (Å²) in [5.74, 6) is 1.11. The number of carbonyl (C=O) groups is 2. The van der Waals surface area contributed by atoms with E-state index in [-0.39, 0.29) is 23.1 Å². The van der Waals surface area contributed by atoms with Crippen LogP contribution in [0.15, 0.2) is 67.0 Å². The topological polar surface area (TPSA) is 71.3 Å². The maximum Gasteiger partial charge on any atom is 0.293 e. The van der Waals surface area contributed by atoms with Crippen LogP contribution in [0.25, 0.3) is 0 Å². The van der Waals surface area contributed by atoms with E-state index in [2.05, 4.69) is 45.3 Å². The van der Waals surface area contributed by atoms with Crippen LogP contribution in [0.4, 0.5) is 0 Å².